The van der Waals surface area contributed by atoms with Gasteiger partial charge in [-0.25, -0.2) is 8.78 Å². The quantitative estimate of drug-likeness (QED) is 0.872. The average molecular weight is 325 g/mol. The van der Waals surface area contributed by atoms with Crippen LogP contribution in [-0.4, -0.2) is 30.8 Å². The Bertz CT molecular complexity index is 581. The summed E-state index contributed by atoms with van der Waals surface area (Å²) in [6.07, 6.45) is 2.79. The van der Waals surface area contributed by atoms with E-state index >= 15 is 0 Å². The fourth-order valence-corrected chi connectivity index (χ4v) is 3.99. The highest BCUT2D eigenvalue weighted by molar-refractivity contribution is 5.87. The van der Waals surface area contributed by atoms with Gasteiger partial charge in [0.25, 0.3) is 0 Å². The monoisotopic (exact) mass is 325 g/mol. The van der Waals surface area contributed by atoms with Crippen LogP contribution in [0.3, 0.4) is 0 Å². The zero-order valence-electron chi connectivity index (χ0n) is 12.9. The van der Waals surface area contributed by atoms with Crippen LogP contribution in [-0.2, 0) is 16.1 Å². The van der Waals surface area contributed by atoms with E-state index in [-0.39, 0.29) is 24.5 Å². The molecule has 0 radical (unpaired) electrons. The normalized spacial score (nSPS) is 25.3. The molecule has 2 N–H and O–H groups in total. The van der Waals surface area contributed by atoms with Crippen LogP contribution in [0.5, 0.6) is 0 Å². The van der Waals surface area contributed by atoms with E-state index in [0.29, 0.717) is 25.2 Å². The SMILES string of the molecule is O=C(NCc1cc(F)cc(F)c1)C1(CCO)CC12CCOCC2. The van der Waals surface area contributed by atoms with Crippen LogP contribution < -0.4 is 5.32 Å². The molecule has 6 heteroatoms. The summed E-state index contributed by atoms with van der Waals surface area (Å²) < 4.78 is 31.8. The van der Waals surface area contributed by atoms with E-state index in [2.05, 4.69) is 5.32 Å². The molecule has 1 aromatic carbocycles. The Hall–Kier alpha value is -1.53. The van der Waals surface area contributed by atoms with E-state index in [1.807, 2.05) is 0 Å². The van der Waals surface area contributed by atoms with Crippen molar-refractivity contribution in [2.45, 2.75) is 32.2 Å². The Kier molecular flexibility index (Phi) is 4.38. The van der Waals surface area contributed by atoms with E-state index in [9.17, 15) is 18.7 Å². The van der Waals surface area contributed by atoms with Gasteiger partial charge >= 0.3 is 0 Å². The van der Waals surface area contributed by atoms with E-state index in [0.717, 1.165) is 25.3 Å². The van der Waals surface area contributed by atoms with Crippen molar-refractivity contribution in [3.8, 4) is 0 Å². The maximum Gasteiger partial charge on any atom is 0.227 e. The molecule has 1 atom stereocenters. The third-order valence-electron chi connectivity index (χ3n) is 5.33. The molecule has 1 spiro atoms. The Morgan fingerprint density at radius 3 is 2.48 bits per heavy atom. The molecule has 126 valence electrons. The van der Waals surface area contributed by atoms with Gasteiger partial charge in [-0.3, -0.25) is 4.79 Å². The molecule has 1 heterocycles. The van der Waals surface area contributed by atoms with Crippen LogP contribution in [0.2, 0.25) is 0 Å². The first-order valence-corrected chi connectivity index (χ1v) is 7.93. The highest BCUT2D eigenvalue weighted by atomic mass is 19.1. The number of hydrogen-bond donors (Lipinski definition) is 2. The lowest BCUT2D eigenvalue weighted by Crippen LogP contribution is -2.38. The van der Waals surface area contributed by atoms with Gasteiger partial charge in [0.05, 0.1) is 5.41 Å². The number of ether oxygens (including phenoxy) is 1. The van der Waals surface area contributed by atoms with Gasteiger partial charge in [-0.2, -0.15) is 0 Å². The van der Waals surface area contributed by atoms with Crippen molar-refractivity contribution in [3.63, 3.8) is 0 Å². The molecule has 1 unspecified atom stereocenters. The summed E-state index contributed by atoms with van der Waals surface area (Å²) in [4.78, 5) is 12.7. The number of amides is 1. The van der Waals surface area contributed by atoms with Crippen molar-refractivity contribution in [1.29, 1.82) is 0 Å². The minimum atomic E-state index is -0.661. The molecule has 0 bridgehead atoms. The number of halogens is 2. The van der Waals surface area contributed by atoms with E-state index in [1.165, 1.54) is 12.1 Å². The van der Waals surface area contributed by atoms with Gasteiger partial charge in [0.15, 0.2) is 0 Å². The second-order valence-electron chi connectivity index (χ2n) is 6.59. The predicted molar refractivity (Wildman–Crippen MR) is 79.4 cm³/mol. The molecule has 1 aromatic rings. The number of carbonyl (C=O) groups excluding carboxylic acids is 1. The first kappa shape index (κ1) is 16.3. The Labute approximate surface area is 133 Å². The van der Waals surface area contributed by atoms with Crippen LogP contribution >= 0.6 is 0 Å². The Balaban J connectivity index is 1.68. The lowest BCUT2D eigenvalue weighted by atomic mass is 9.83. The number of aliphatic hydroxyl groups is 1. The fourth-order valence-electron chi connectivity index (χ4n) is 3.99. The first-order chi connectivity index (χ1) is 11.0. The van der Waals surface area contributed by atoms with Crippen molar-refractivity contribution in [3.05, 3.63) is 35.4 Å². The third-order valence-corrected chi connectivity index (χ3v) is 5.33. The van der Waals surface area contributed by atoms with E-state index in [1.54, 1.807) is 0 Å². The number of rotatable bonds is 5. The topological polar surface area (TPSA) is 58.6 Å². The number of carbonyl (C=O) groups is 1. The molecule has 2 fully saturated rings. The zero-order chi connectivity index (χ0) is 16.5. The Morgan fingerprint density at radius 1 is 1.22 bits per heavy atom. The summed E-state index contributed by atoms with van der Waals surface area (Å²) in [5, 5.41) is 12.1. The first-order valence-electron chi connectivity index (χ1n) is 7.93. The van der Waals surface area contributed by atoms with Crippen LogP contribution in [0.1, 0.15) is 31.2 Å². The summed E-state index contributed by atoms with van der Waals surface area (Å²) >= 11 is 0. The summed E-state index contributed by atoms with van der Waals surface area (Å²) in [5.41, 5.74) is -0.278. The molecule has 1 aliphatic carbocycles. The zero-order valence-corrected chi connectivity index (χ0v) is 12.9. The molecular weight excluding hydrogens is 304 g/mol. The standard InChI is InChI=1S/C17H21F2NO3/c18-13-7-12(8-14(19)9-13)10-20-15(22)17(1-4-21)11-16(17)2-5-23-6-3-16/h7-9,21H,1-6,10-11H2,(H,20,22). The van der Waals surface area contributed by atoms with Gasteiger partial charge in [-0.15, -0.1) is 0 Å². The molecule has 1 saturated carbocycles. The second kappa shape index (κ2) is 6.17. The summed E-state index contributed by atoms with van der Waals surface area (Å²) in [5.74, 6) is -1.46. The maximum absolute atomic E-state index is 13.2. The molecule has 1 saturated heterocycles. The highest BCUT2D eigenvalue weighted by Gasteiger charge is 2.70. The molecular formula is C17H21F2NO3. The molecule has 23 heavy (non-hydrogen) atoms. The number of hydrogen-bond acceptors (Lipinski definition) is 3. The molecule has 2 aliphatic rings. The molecule has 1 amide bonds. The Morgan fingerprint density at radius 2 is 1.87 bits per heavy atom. The number of nitrogens with one attached hydrogen (secondary N) is 1. The fraction of sp³-hybridized carbons (Fsp3) is 0.588. The second-order valence-corrected chi connectivity index (χ2v) is 6.59. The molecule has 0 aromatic heterocycles. The van der Waals surface area contributed by atoms with Gasteiger partial charge in [-0.1, -0.05) is 0 Å². The number of aliphatic hydroxyl groups excluding tert-OH is 1. The smallest absolute Gasteiger partial charge is 0.227 e. The average Bonchev–Trinajstić information content (AvgIpc) is 3.12. The van der Waals surface area contributed by atoms with Gasteiger partial charge in [-0.05, 0) is 48.8 Å². The summed E-state index contributed by atoms with van der Waals surface area (Å²) in [7, 11) is 0. The molecule has 1 aliphatic heterocycles. The van der Waals surface area contributed by atoms with Gasteiger partial charge in [0.2, 0.25) is 5.91 Å². The van der Waals surface area contributed by atoms with Crippen molar-refractivity contribution < 1.29 is 23.4 Å². The minimum absolute atomic E-state index is 0.0510. The van der Waals surface area contributed by atoms with Crippen LogP contribution in [0.4, 0.5) is 8.78 Å². The van der Waals surface area contributed by atoms with Gasteiger partial charge in [0.1, 0.15) is 11.6 Å². The van der Waals surface area contributed by atoms with Crippen LogP contribution in [0.15, 0.2) is 18.2 Å². The summed E-state index contributed by atoms with van der Waals surface area (Å²) in [6.45, 7) is 1.29. The van der Waals surface area contributed by atoms with Crippen molar-refractivity contribution in [1.82, 2.24) is 5.32 Å². The van der Waals surface area contributed by atoms with Gasteiger partial charge in [0, 0.05) is 32.4 Å². The van der Waals surface area contributed by atoms with Crippen molar-refractivity contribution >= 4 is 5.91 Å². The largest absolute Gasteiger partial charge is 0.396 e. The van der Waals surface area contributed by atoms with Crippen LogP contribution in [0, 0.1) is 22.5 Å². The lowest BCUT2D eigenvalue weighted by molar-refractivity contribution is -0.129. The molecule has 3 rings (SSSR count). The predicted octanol–water partition coefficient (Wildman–Crippen LogP) is 2.15. The van der Waals surface area contributed by atoms with Crippen molar-refractivity contribution in [2.75, 3.05) is 19.8 Å². The van der Waals surface area contributed by atoms with E-state index in [4.69, 9.17) is 4.74 Å². The summed E-state index contributed by atoms with van der Waals surface area (Å²) in [6, 6.07) is 3.22. The lowest BCUT2D eigenvalue weighted by Gasteiger charge is -2.28. The number of benzene rings is 1. The highest BCUT2D eigenvalue weighted by Crippen LogP contribution is 2.70. The van der Waals surface area contributed by atoms with Crippen molar-refractivity contribution in [2.24, 2.45) is 10.8 Å². The third kappa shape index (κ3) is 2.97. The maximum atomic E-state index is 13.2. The van der Waals surface area contributed by atoms with E-state index < -0.39 is 17.0 Å². The molecule has 4 nitrogen and oxygen atoms in total. The van der Waals surface area contributed by atoms with Crippen LogP contribution in [0.25, 0.3) is 0 Å². The minimum Gasteiger partial charge on any atom is -0.396 e. The van der Waals surface area contributed by atoms with Gasteiger partial charge < -0.3 is 15.2 Å².